The molecule has 0 aliphatic heterocycles. The summed E-state index contributed by atoms with van der Waals surface area (Å²) in [5, 5.41) is 20.2. The quantitative estimate of drug-likeness (QED) is 0.340. The van der Waals surface area contributed by atoms with Crippen molar-refractivity contribution in [2.45, 2.75) is 0 Å². The molecule has 0 unspecified atom stereocenters. The van der Waals surface area contributed by atoms with Gasteiger partial charge in [0.15, 0.2) is 6.21 Å². The first-order valence-electron chi connectivity index (χ1n) is 4.51. The van der Waals surface area contributed by atoms with Crippen molar-refractivity contribution in [3.63, 3.8) is 0 Å². The first-order valence-corrected chi connectivity index (χ1v) is 4.51. The second-order valence-electron chi connectivity index (χ2n) is 2.90. The van der Waals surface area contributed by atoms with Gasteiger partial charge in [0.2, 0.25) is 0 Å². The topological polar surface area (TPSA) is 118 Å². The fourth-order valence-electron chi connectivity index (χ4n) is 1.08. The molecule has 0 amide bonds. The molecule has 0 radical (unpaired) electrons. The van der Waals surface area contributed by atoms with E-state index >= 15 is 0 Å². The maximum atomic E-state index is 10.5. The molecular formula is C9H11N5O3. The number of hydrogen-bond donors (Lipinski definition) is 2. The maximum Gasteiger partial charge on any atom is 0.280 e. The molecule has 1 aromatic rings. The Morgan fingerprint density at radius 3 is 2.82 bits per heavy atom. The average Bonchev–Trinajstić information content (AvgIpc) is 2.29. The Bertz CT molecular complexity index is 446. The van der Waals surface area contributed by atoms with E-state index < -0.39 is 11.0 Å². The summed E-state index contributed by atoms with van der Waals surface area (Å²) in [4.78, 5) is 10.5. The monoisotopic (exact) mass is 237 g/mol. The van der Waals surface area contributed by atoms with Crippen LogP contribution in [-0.2, 0) is 0 Å². The van der Waals surface area contributed by atoms with Gasteiger partial charge in [0.25, 0.3) is 5.96 Å². The van der Waals surface area contributed by atoms with E-state index in [2.05, 4.69) is 5.10 Å². The summed E-state index contributed by atoms with van der Waals surface area (Å²) in [6.07, 6.45) is 1.20. The molecule has 0 aliphatic carbocycles. The zero-order valence-corrected chi connectivity index (χ0v) is 9.03. The van der Waals surface area contributed by atoms with Crippen LogP contribution in [0.4, 0.5) is 0 Å². The lowest BCUT2D eigenvalue weighted by Crippen LogP contribution is -2.36. The van der Waals surface area contributed by atoms with Crippen LogP contribution in [0.5, 0.6) is 5.75 Å². The van der Waals surface area contributed by atoms with Gasteiger partial charge in [-0.2, -0.15) is 0 Å². The fourth-order valence-corrected chi connectivity index (χ4v) is 1.08. The summed E-state index contributed by atoms with van der Waals surface area (Å²) < 4.78 is 5.03. The summed E-state index contributed by atoms with van der Waals surface area (Å²) >= 11 is 0. The molecule has 0 saturated heterocycles. The van der Waals surface area contributed by atoms with Gasteiger partial charge in [-0.25, -0.2) is 0 Å². The molecule has 8 heteroatoms. The second-order valence-corrected chi connectivity index (χ2v) is 2.90. The highest BCUT2D eigenvalue weighted by Crippen LogP contribution is 2.14. The van der Waals surface area contributed by atoms with Crippen molar-refractivity contribution in [2.24, 2.45) is 10.8 Å². The first-order chi connectivity index (χ1) is 8.06. The van der Waals surface area contributed by atoms with E-state index in [9.17, 15) is 10.1 Å². The standard InChI is InChI=1S/C9H11N5O3/c1-17-8-5-3-2-4-7(8)6-12-13(9(10)11)14(15)16/h2-6H,1H3,(H3,10,11)/b12-6+. The number of hydrazone groups is 1. The van der Waals surface area contributed by atoms with Gasteiger partial charge < -0.3 is 20.6 Å². The molecule has 90 valence electrons. The van der Waals surface area contributed by atoms with Gasteiger partial charge in [-0.1, -0.05) is 12.1 Å². The van der Waals surface area contributed by atoms with Gasteiger partial charge in [0, 0.05) is 5.10 Å². The number of ether oxygens (including phenoxy) is 1. The van der Waals surface area contributed by atoms with Crippen molar-refractivity contribution in [1.82, 2.24) is 5.12 Å². The molecule has 8 nitrogen and oxygen atoms in total. The molecule has 1 rings (SSSR count). The number of nitrogens with zero attached hydrogens (tertiary/aromatic N) is 3. The van der Waals surface area contributed by atoms with Gasteiger partial charge in [-0.05, 0) is 12.1 Å². The highest BCUT2D eigenvalue weighted by Gasteiger charge is 2.15. The Balaban J connectivity index is 2.96. The number of methoxy groups -OCH3 is 1. The number of para-hydroxylation sites is 1. The van der Waals surface area contributed by atoms with E-state index in [0.29, 0.717) is 11.3 Å². The molecule has 0 saturated carbocycles. The molecule has 0 aliphatic rings. The third kappa shape index (κ3) is 3.16. The lowest BCUT2D eigenvalue weighted by Gasteiger charge is -2.05. The summed E-state index contributed by atoms with van der Waals surface area (Å²) in [5.41, 5.74) is 5.54. The number of nitro groups is 1. The van der Waals surface area contributed by atoms with Crippen molar-refractivity contribution >= 4 is 12.2 Å². The van der Waals surface area contributed by atoms with Gasteiger partial charge in [-0.3, -0.25) is 5.41 Å². The molecule has 1 aromatic carbocycles. The normalized spacial score (nSPS) is 10.2. The molecule has 0 fully saturated rings. The van der Waals surface area contributed by atoms with Crippen LogP contribution in [0.25, 0.3) is 0 Å². The smallest absolute Gasteiger partial charge is 0.280 e. The van der Waals surface area contributed by atoms with E-state index in [-0.39, 0.29) is 5.12 Å². The van der Waals surface area contributed by atoms with Crippen LogP contribution >= 0.6 is 0 Å². The van der Waals surface area contributed by atoms with Crippen LogP contribution in [0.15, 0.2) is 29.4 Å². The molecule has 0 aromatic heterocycles. The van der Waals surface area contributed by atoms with Crippen molar-refractivity contribution in [3.05, 3.63) is 39.9 Å². The third-order valence-electron chi connectivity index (χ3n) is 1.82. The summed E-state index contributed by atoms with van der Waals surface area (Å²) in [6, 6.07) is 6.84. The van der Waals surface area contributed by atoms with Crippen molar-refractivity contribution < 1.29 is 9.77 Å². The van der Waals surface area contributed by atoms with E-state index in [1.54, 1.807) is 24.3 Å². The number of rotatable bonds is 4. The Morgan fingerprint density at radius 2 is 2.29 bits per heavy atom. The Labute approximate surface area is 96.9 Å². The number of guanidine groups is 1. The first kappa shape index (κ1) is 12.4. The molecule has 0 heterocycles. The van der Waals surface area contributed by atoms with Gasteiger partial charge in [0.05, 0.1) is 22.8 Å². The van der Waals surface area contributed by atoms with Crippen LogP contribution in [0.3, 0.4) is 0 Å². The van der Waals surface area contributed by atoms with Crippen LogP contribution in [0.2, 0.25) is 0 Å². The minimum Gasteiger partial charge on any atom is -0.496 e. The van der Waals surface area contributed by atoms with Crippen LogP contribution in [0.1, 0.15) is 5.56 Å². The highest BCUT2D eigenvalue weighted by molar-refractivity contribution is 5.84. The Hall–Kier alpha value is -2.64. The Morgan fingerprint density at radius 1 is 1.65 bits per heavy atom. The van der Waals surface area contributed by atoms with Crippen LogP contribution in [-0.4, -0.2) is 29.4 Å². The Kier molecular flexibility index (Phi) is 3.98. The number of hydrazine groups is 1. The lowest BCUT2D eigenvalue weighted by molar-refractivity contribution is -0.631. The van der Waals surface area contributed by atoms with Crippen LogP contribution < -0.4 is 10.5 Å². The van der Waals surface area contributed by atoms with E-state index in [0.717, 1.165) is 0 Å². The second kappa shape index (κ2) is 5.45. The predicted octanol–water partition coefficient (Wildman–Crippen LogP) is 0.416. The number of benzene rings is 1. The molecule has 0 bridgehead atoms. The minimum atomic E-state index is -0.895. The largest absolute Gasteiger partial charge is 0.496 e. The van der Waals surface area contributed by atoms with E-state index in [4.69, 9.17) is 15.9 Å². The van der Waals surface area contributed by atoms with Crippen LogP contribution in [0, 0.1) is 15.5 Å². The van der Waals surface area contributed by atoms with Crippen molar-refractivity contribution in [3.8, 4) is 5.75 Å². The summed E-state index contributed by atoms with van der Waals surface area (Å²) in [7, 11) is 1.48. The van der Waals surface area contributed by atoms with Gasteiger partial charge in [0.1, 0.15) is 5.75 Å². The van der Waals surface area contributed by atoms with Gasteiger partial charge >= 0.3 is 0 Å². The molecule has 0 spiro atoms. The minimum absolute atomic E-state index is 0.159. The third-order valence-corrected chi connectivity index (χ3v) is 1.82. The molecular weight excluding hydrogens is 226 g/mol. The summed E-state index contributed by atoms with van der Waals surface area (Å²) in [6.45, 7) is 0. The molecule has 0 atom stereocenters. The zero-order valence-electron chi connectivity index (χ0n) is 9.03. The predicted molar refractivity (Wildman–Crippen MR) is 61.3 cm³/mol. The number of hydrogen-bond acceptors (Lipinski definition) is 5. The van der Waals surface area contributed by atoms with E-state index in [1.165, 1.54) is 13.3 Å². The molecule has 3 N–H and O–H groups in total. The maximum absolute atomic E-state index is 10.5. The van der Waals surface area contributed by atoms with Crippen molar-refractivity contribution in [1.29, 1.82) is 5.41 Å². The number of nitrogens with two attached hydrogens (primary N) is 1. The van der Waals surface area contributed by atoms with Crippen molar-refractivity contribution in [2.75, 3.05) is 7.11 Å². The number of nitrogens with one attached hydrogen (secondary N) is 1. The highest BCUT2D eigenvalue weighted by atomic mass is 16.7. The van der Waals surface area contributed by atoms with E-state index in [1.807, 2.05) is 0 Å². The SMILES string of the molecule is COc1ccccc1/C=N/N(C(=N)N)[N+](=O)[O-]. The molecule has 17 heavy (non-hydrogen) atoms. The average molecular weight is 237 g/mol. The van der Waals surface area contributed by atoms with Gasteiger partial charge in [-0.15, -0.1) is 0 Å². The summed E-state index contributed by atoms with van der Waals surface area (Å²) in [5.74, 6) is -0.260. The zero-order chi connectivity index (χ0) is 12.8. The fraction of sp³-hybridized carbons (Fsp3) is 0.111. The lowest BCUT2D eigenvalue weighted by atomic mass is 10.2.